The molecule has 0 spiro atoms. The highest BCUT2D eigenvalue weighted by atomic mass is 16.3. The van der Waals surface area contributed by atoms with Gasteiger partial charge in [0.1, 0.15) is 11.5 Å². The van der Waals surface area contributed by atoms with Gasteiger partial charge >= 0.3 is 0 Å². The third-order valence-corrected chi connectivity index (χ3v) is 1.44. The molecule has 0 aliphatic rings. The minimum Gasteiger partial charge on any atom is -0.464 e. The summed E-state index contributed by atoms with van der Waals surface area (Å²) >= 11 is 0. The second kappa shape index (κ2) is 3.58. The minimum atomic E-state index is 0.869. The zero-order chi connectivity index (χ0) is 8.27. The van der Waals surface area contributed by atoms with Gasteiger partial charge in [-0.05, 0) is 26.2 Å². The predicted octanol–water partition coefficient (Wildman–Crippen LogP) is 1.91. The Labute approximate surface area is 67.8 Å². The third kappa shape index (κ3) is 2.39. The molecule has 2 heteroatoms. The first-order valence-corrected chi connectivity index (χ1v) is 3.75. The smallest absolute Gasteiger partial charge is 0.118 e. The average Bonchev–Trinajstić information content (AvgIpc) is 2.34. The van der Waals surface area contributed by atoms with Gasteiger partial charge in [-0.1, -0.05) is 6.92 Å². The van der Waals surface area contributed by atoms with Crippen molar-refractivity contribution in [2.45, 2.75) is 13.5 Å². The molecule has 0 fully saturated rings. The van der Waals surface area contributed by atoms with E-state index in [0.29, 0.717) is 0 Å². The van der Waals surface area contributed by atoms with Crippen molar-refractivity contribution in [2.75, 3.05) is 14.1 Å². The lowest BCUT2D eigenvalue weighted by atomic mass is 10.3. The lowest BCUT2D eigenvalue weighted by Crippen LogP contribution is -2.09. The Hall–Kier alpha value is -0.760. The average molecular weight is 152 g/mol. The second-order valence-electron chi connectivity index (χ2n) is 2.83. The van der Waals surface area contributed by atoms with Crippen LogP contribution in [0.5, 0.6) is 0 Å². The fourth-order valence-electron chi connectivity index (χ4n) is 0.946. The molecule has 0 aliphatic heterocycles. The van der Waals surface area contributed by atoms with Crippen LogP contribution in [0, 0.1) is 6.42 Å². The molecule has 0 atom stereocenters. The summed E-state index contributed by atoms with van der Waals surface area (Å²) in [6.07, 6.45) is 1.96. The largest absolute Gasteiger partial charge is 0.464 e. The highest BCUT2D eigenvalue weighted by Gasteiger charge is 2.00. The molecule has 61 valence electrons. The lowest BCUT2D eigenvalue weighted by Gasteiger charge is -2.05. The molecule has 0 aromatic carbocycles. The molecule has 1 aromatic heterocycles. The van der Waals surface area contributed by atoms with Gasteiger partial charge in [0.2, 0.25) is 0 Å². The van der Waals surface area contributed by atoms with Gasteiger partial charge in [-0.15, -0.1) is 0 Å². The monoisotopic (exact) mass is 152 g/mol. The zero-order valence-electron chi connectivity index (χ0n) is 7.29. The van der Waals surface area contributed by atoms with E-state index in [1.807, 2.05) is 39.6 Å². The van der Waals surface area contributed by atoms with Crippen molar-refractivity contribution in [3.63, 3.8) is 0 Å². The van der Waals surface area contributed by atoms with E-state index in [2.05, 4.69) is 4.90 Å². The van der Waals surface area contributed by atoms with Crippen molar-refractivity contribution in [1.82, 2.24) is 4.90 Å². The van der Waals surface area contributed by atoms with Crippen molar-refractivity contribution < 1.29 is 4.42 Å². The Bertz CT molecular complexity index is 215. The lowest BCUT2D eigenvalue weighted by molar-refractivity contribution is 0.346. The molecule has 0 unspecified atom stereocenters. The number of hydrogen-bond acceptors (Lipinski definition) is 2. The summed E-state index contributed by atoms with van der Waals surface area (Å²) in [7, 11) is 4.05. The van der Waals surface area contributed by atoms with Gasteiger partial charge in [0, 0.05) is 6.42 Å². The van der Waals surface area contributed by atoms with Gasteiger partial charge in [0.05, 0.1) is 6.54 Å². The SMILES string of the molecule is C[CH]c1ccc(CN(C)C)o1. The quantitative estimate of drug-likeness (QED) is 0.657. The van der Waals surface area contributed by atoms with E-state index >= 15 is 0 Å². The molecule has 1 rings (SSSR count). The number of hydrogen-bond donors (Lipinski definition) is 0. The predicted molar refractivity (Wildman–Crippen MR) is 45.2 cm³/mol. The zero-order valence-corrected chi connectivity index (χ0v) is 7.29. The standard InChI is InChI=1S/C9H14NO/c1-4-8-5-6-9(11-8)7-10(2)3/h4-6H,7H2,1-3H3. The molecular formula is C9H14NO. The topological polar surface area (TPSA) is 16.4 Å². The van der Waals surface area contributed by atoms with Crippen LogP contribution < -0.4 is 0 Å². The van der Waals surface area contributed by atoms with Crippen LogP contribution in [0.15, 0.2) is 16.5 Å². The van der Waals surface area contributed by atoms with E-state index in [-0.39, 0.29) is 0 Å². The molecule has 0 aliphatic carbocycles. The minimum absolute atomic E-state index is 0.869. The first-order valence-electron chi connectivity index (χ1n) is 3.75. The number of nitrogens with zero attached hydrogens (tertiary/aromatic N) is 1. The molecule has 0 saturated carbocycles. The summed E-state index contributed by atoms with van der Waals surface area (Å²) in [5, 5.41) is 0. The maximum Gasteiger partial charge on any atom is 0.118 e. The summed E-state index contributed by atoms with van der Waals surface area (Å²) in [6.45, 7) is 2.84. The van der Waals surface area contributed by atoms with Crippen LogP contribution in [-0.2, 0) is 6.54 Å². The summed E-state index contributed by atoms with van der Waals surface area (Å²) in [6, 6.07) is 3.99. The second-order valence-corrected chi connectivity index (χ2v) is 2.83. The molecular weight excluding hydrogens is 138 g/mol. The van der Waals surface area contributed by atoms with Crippen LogP contribution >= 0.6 is 0 Å². The van der Waals surface area contributed by atoms with E-state index in [1.165, 1.54) is 0 Å². The third-order valence-electron chi connectivity index (χ3n) is 1.44. The molecule has 2 nitrogen and oxygen atoms in total. The van der Waals surface area contributed by atoms with Gasteiger partial charge in [-0.2, -0.15) is 0 Å². The normalized spacial score (nSPS) is 10.9. The van der Waals surface area contributed by atoms with Crippen molar-refractivity contribution in [3.05, 3.63) is 30.1 Å². The van der Waals surface area contributed by atoms with E-state index in [4.69, 9.17) is 4.42 Å². The van der Waals surface area contributed by atoms with Gasteiger partial charge in [-0.3, -0.25) is 0 Å². The Balaban J connectivity index is 2.58. The number of furan rings is 1. The molecule has 0 N–H and O–H groups in total. The van der Waals surface area contributed by atoms with Gasteiger partial charge in [0.15, 0.2) is 0 Å². The molecule has 1 aromatic rings. The molecule has 0 amide bonds. The Morgan fingerprint density at radius 2 is 2.18 bits per heavy atom. The highest BCUT2D eigenvalue weighted by molar-refractivity contribution is 5.12. The van der Waals surface area contributed by atoms with E-state index in [1.54, 1.807) is 0 Å². The van der Waals surface area contributed by atoms with Gasteiger partial charge in [0.25, 0.3) is 0 Å². The van der Waals surface area contributed by atoms with Crippen LogP contribution in [0.4, 0.5) is 0 Å². The van der Waals surface area contributed by atoms with Crippen molar-refractivity contribution in [2.24, 2.45) is 0 Å². The van der Waals surface area contributed by atoms with Crippen LogP contribution in [0.3, 0.4) is 0 Å². The van der Waals surface area contributed by atoms with E-state index in [9.17, 15) is 0 Å². The van der Waals surface area contributed by atoms with Crippen LogP contribution in [0.2, 0.25) is 0 Å². The molecule has 1 heterocycles. The van der Waals surface area contributed by atoms with E-state index < -0.39 is 0 Å². The first-order chi connectivity index (χ1) is 5.22. The van der Waals surface area contributed by atoms with Crippen LogP contribution in [-0.4, -0.2) is 19.0 Å². The summed E-state index contributed by atoms with van der Waals surface area (Å²) in [4.78, 5) is 2.08. The van der Waals surface area contributed by atoms with Crippen molar-refractivity contribution in [3.8, 4) is 0 Å². The molecule has 0 saturated heterocycles. The molecule has 1 radical (unpaired) electrons. The molecule has 11 heavy (non-hydrogen) atoms. The van der Waals surface area contributed by atoms with Gasteiger partial charge in [-0.25, -0.2) is 0 Å². The maximum atomic E-state index is 5.45. The Morgan fingerprint density at radius 1 is 1.45 bits per heavy atom. The summed E-state index contributed by atoms with van der Waals surface area (Å²) in [5.74, 6) is 1.96. The first kappa shape index (κ1) is 8.34. The summed E-state index contributed by atoms with van der Waals surface area (Å²) < 4.78 is 5.45. The Kier molecular flexibility index (Phi) is 2.71. The van der Waals surface area contributed by atoms with Crippen LogP contribution in [0.25, 0.3) is 0 Å². The van der Waals surface area contributed by atoms with Crippen molar-refractivity contribution in [1.29, 1.82) is 0 Å². The van der Waals surface area contributed by atoms with Crippen LogP contribution in [0.1, 0.15) is 18.4 Å². The fourth-order valence-corrected chi connectivity index (χ4v) is 0.946. The number of rotatable bonds is 3. The van der Waals surface area contributed by atoms with Gasteiger partial charge < -0.3 is 9.32 Å². The fraction of sp³-hybridized carbons (Fsp3) is 0.444. The van der Waals surface area contributed by atoms with E-state index in [0.717, 1.165) is 18.1 Å². The summed E-state index contributed by atoms with van der Waals surface area (Å²) in [5.41, 5.74) is 0. The highest BCUT2D eigenvalue weighted by Crippen LogP contribution is 2.10. The molecule has 0 bridgehead atoms. The maximum absolute atomic E-state index is 5.45. The Morgan fingerprint density at radius 3 is 2.64 bits per heavy atom. The van der Waals surface area contributed by atoms with Crippen molar-refractivity contribution >= 4 is 0 Å².